The van der Waals surface area contributed by atoms with Gasteiger partial charge in [0.25, 0.3) is 0 Å². The maximum atomic E-state index is 13.1. The number of anilines is 2. The molecule has 3 rings (SSSR count). The highest BCUT2D eigenvalue weighted by Gasteiger charge is 2.32. The molecule has 2 aromatic carbocycles. The van der Waals surface area contributed by atoms with Crippen LogP contribution in [0.15, 0.2) is 53.4 Å². The Kier molecular flexibility index (Phi) is 5.74. The Hall–Kier alpha value is -2.42. The molecule has 2 aromatic rings. The number of likely N-dealkylation sites (N-methyl/N-ethyl adjacent to an activating group) is 1. The van der Waals surface area contributed by atoms with Crippen LogP contribution in [0.2, 0.25) is 5.02 Å². The summed E-state index contributed by atoms with van der Waals surface area (Å²) in [5.74, 6) is -0.637. The number of halogens is 1. The standard InChI is InChI=1S/C19H20ClN3O4S/c1-13-11-18(24)21-15-8-4-5-9-16(15)23(13)19(25)12-22(2)28(26,27)17-10-6-3-7-14(17)20/h3-10,13H,11-12H2,1-2H3,(H,21,24)/t13-/m0/s1. The fourth-order valence-electron chi connectivity index (χ4n) is 3.14. The van der Waals surface area contributed by atoms with Crippen LogP contribution in [0, 0.1) is 0 Å². The summed E-state index contributed by atoms with van der Waals surface area (Å²) < 4.78 is 26.6. The predicted molar refractivity (Wildman–Crippen MR) is 108 cm³/mol. The van der Waals surface area contributed by atoms with Crippen molar-refractivity contribution in [3.63, 3.8) is 0 Å². The lowest BCUT2D eigenvalue weighted by Gasteiger charge is -2.29. The number of carbonyl (C=O) groups excluding carboxylic acids is 2. The van der Waals surface area contributed by atoms with Crippen LogP contribution in [0.1, 0.15) is 13.3 Å². The zero-order chi connectivity index (χ0) is 20.5. The molecule has 0 radical (unpaired) electrons. The van der Waals surface area contributed by atoms with Gasteiger partial charge in [0.2, 0.25) is 21.8 Å². The first-order valence-electron chi connectivity index (χ1n) is 8.63. The van der Waals surface area contributed by atoms with Crippen molar-refractivity contribution < 1.29 is 18.0 Å². The van der Waals surface area contributed by atoms with Gasteiger partial charge in [-0.3, -0.25) is 9.59 Å². The quantitative estimate of drug-likeness (QED) is 0.822. The predicted octanol–water partition coefficient (Wildman–Crippen LogP) is 2.72. The van der Waals surface area contributed by atoms with Crippen molar-refractivity contribution >= 4 is 44.8 Å². The van der Waals surface area contributed by atoms with E-state index in [4.69, 9.17) is 11.6 Å². The van der Waals surface area contributed by atoms with Gasteiger partial charge in [-0.1, -0.05) is 35.9 Å². The molecule has 148 valence electrons. The molecule has 1 atom stereocenters. The third kappa shape index (κ3) is 3.89. The molecule has 1 aliphatic heterocycles. The van der Waals surface area contributed by atoms with Crippen LogP contribution < -0.4 is 10.2 Å². The van der Waals surface area contributed by atoms with Gasteiger partial charge >= 0.3 is 0 Å². The first kappa shape index (κ1) is 20.3. The van der Waals surface area contributed by atoms with Crippen LogP contribution in [0.5, 0.6) is 0 Å². The molecule has 9 heteroatoms. The number of nitrogens with zero attached hydrogens (tertiary/aromatic N) is 2. The van der Waals surface area contributed by atoms with Crippen LogP contribution in [-0.2, 0) is 19.6 Å². The molecule has 0 fully saturated rings. The summed E-state index contributed by atoms with van der Waals surface area (Å²) in [6.07, 6.45) is 0.112. The molecule has 7 nitrogen and oxygen atoms in total. The number of nitrogens with one attached hydrogen (secondary N) is 1. The molecule has 2 amide bonds. The van der Waals surface area contributed by atoms with Gasteiger partial charge in [-0.2, -0.15) is 4.31 Å². The normalized spacial score (nSPS) is 17.1. The first-order valence-corrected chi connectivity index (χ1v) is 10.5. The van der Waals surface area contributed by atoms with Gasteiger partial charge in [0.1, 0.15) is 4.90 Å². The van der Waals surface area contributed by atoms with Gasteiger partial charge in [-0.25, -0.2) is 8.42 Å². The minimum absolute atomic E-state index is 0.0619. The number of rotatable bonds is 4. The van der Waals surface area contributed by atoms with Crippen molar-refractivity contribution in [3.8, 4) is 0 Å². The highest BCUT2D eigenvalue weighted by atomic mass is 35.5. The molecule has 0 unspecified atom stereocenters. The lowest BCUT2D eigenvalue weighted by Crippen LogP contribution is -2.45. The molecule has 1 N–H and O–H groups in total. The lowest BCUT2D eigenvalue weighted by molar-refractivity contribution is -0.119. The van der Waals surface area contributed by atoms with E-state index >= 15 is 0 Å². The average Bonchev–Trinajstić information content (AvgIpc) is 2.75. The monoisotopic (exact) mass is 421 g/mol. The zero-order valence-corrected chi connectivity index (χ0v) is 17.0. The average molecular weight is 422 g/mol. The van der Waals surface area contributed by atoms with Crippen molar-refractivity contribution in [1.29, 1.82) is 0 Å². The van der Waals surface area contributed by atoms with Crippen LogP contribution >= 0.6 is 11.6 Å². The minimum Gasteiger partial charge on any atom is -0.324 e. The number of para-hydroxylation sites is 2. The maximum absolute atomic E-state index is 13.1. The second kappa shape index (κ2) is 7.90. The number of hydrogen-bond donors (Lipinski definition) is 1. The summed E-state index contributed by atoms with van der Waals surface area (Å²) in [6, 6.07) is 12.6. The summed E-state index contributed by atoms with van der Waals surface area (Å²) in [5, 5.41) is 2.86. The Morgan fingerprint density at radius 2 is 1.86 bits per heavy atom. The van der Waals surface area contributed by atoms with E-state index in [1.165, 1.54) is 24.1 Å². The number of sulfonamides is 1. The zero-order valence-electron chi connectivity index (χ0n) is 15.4. The number of benzene rings is 2. The van der Waals surface area contributed by atoms with E-state index < -0.39 is 22.0 Å². The molecular weight excluding hydrogens is 402 g/mol. The van der Waals surface area contributed by atoms with E-state index in [2.05, 4.69) is 5.32 Å². The van der Waals surface area contributed by atoms with E-state index in [1.54, 1.807) is 43.3 Å². The van der Waals surface area contributed by atoms with Gasteiger partial charge < -0.3 is 10.2 Å². The topological polar surface area (TPSA) is 86.8 Å². The fourth-order valence-corrected chi connectivity index (χ4v) is 4.75. The summed E-state index contributed by atoms with van der Waals surface area (Å²) in [4.78, 5) is 26.5. The molecule has 0 saturated carbocycles. The van der Waals surface area contributed by atoms with Crippen molar-refractivity contribution in [2.75, 3.05) is 23.8 Å². The van der Waals surface area contributed by atoms with E-state index in [1.807, 2.05) is 0 Å². The number of fused-ring (bicyclic) bond motifs is 1. The Balaban J connectivity index is 1.90. The Morgan fingerprint density at radius 1 is 1.21 bits per heavy atom. The summed E-state index contributed by atoms with van der Waals surface area (Å²) in [6.45, 7) is 1.36. The van der Waals surface area contributed by atoms with Gasteiger partial charge in [0, 0.05) is 19.5 Å². The van der Waals surface area contributed by atoms with Crippen LogP contribution in [-0.4, -0.2) is 44.2 Å². The molecular formula is C19H20ClN3O4S. The SMILES string of the molecule is C[C@H]1CC(=O)Nc2ccccc2N1C(=O)CN(C)S(=O)(=O)c1ccccc1Cl. The molecule has 0 aromatic heterocycles. The van der Waals surface area contributed by atoms with Gasteiger partial charge in [-0.15, -0.1) is 0 Å². The van der Waals surface area contributed by atoms with Crippen molar-refractivity contribution in [2.45, 2.75) is 24.3 Å². The minimum atomic E-state index is -3.95. The van der Waals surface area contributed by atoms with E-state index in [0.717, 1.165) is 4.31 Å². The van der Waals surface area contributed by atoms with Crippen LogP contribution in [0.3, 0.4) is 0 Å². The summed E-state index contributed by atoms with van der Waals surface area (Å²) >= 11 is 6.02. The van der Waals surface area contributed by atoms with Gasteiger partial charge in [-0.05, 0) is 31.2 Å². The third-order valence-corrected chi connectivity index (χ3v) is 6.81. The van der Waals surface area contributed by atoms with Crippen molar-refractivity contribution in [3.05, 3.63) is 53.6 Å². The maximum Gasteiger partial charge on any atom is 0.244 e. The Labute approximate surface area is 168 Å². The molecule has 0 bridgehead atoms. The summed E-state index contributed by atoms with van der Waals surface area (Å²) in [7, 11) is -2.62. The second-order valence-electron chi connectivity index (χ2n) is 6.57. The van der Waals surface area contributed by atoms with Gasteiger partial charge in [0.15, 0.2) is 0 Å². The van der Waals surface area contributed by atoms with Crippen molar-refractivity contribution in [1.82, 2.24) is 4.31 Å². The van der Waals surface area contributed by atoms with E-state index in [9.17, 15) is 18.0 Å². The number of amides is 2. The molecule has 1 heterocycles. The molecule has 28 heavy (non-hydrogen) atoms. The lowest BCUT2D eigenvalue weighted by atomic mass is 10.1. The molecule has 0 aliphatic carbocycles. The fraction of sp³-hybridized carbons (Fsp3) is 0.263. The highest BCUT2D eigenvalue weighted by Crippen LogP contribution is 2.31. The molecule has 0 spiro atoms. The smallest absolute Gasteiger partial charge is 0.244 e. The van der Waals surface area contributed by atoms with E-state index in [0.29, 0.717) is 11.4 Å². The largest absolute Gasteiger partial charge is 0.324 e. The second-order valence-corrected chi connectivity index (χ2v) is 8.99. The number of carbonyl (C=O) groups is 2. The third-order valence-electron chi connectivity index (χ3n) is 4.51. The first-order chi connectivity index (χ1) is 13.2. The van der Waals surface area contributed by atoms with Crippen LogP contribution in [0.4, 0.5) is 11.4 Å². The van der Waals surface area contributed by atoms with Crippen molar-refractivity contribution in [2.24, 2.45) is 0 Å². The van der Waals surface area contributed by atoms with E-state index in [-0.39, 0.29) is 28.8 Å². The Bertz CT molecular complexity index is 1030. The molecule has 1 aliphatic rings. The van der Waals surface area contributed by atoms with Gasteiger partial charge in [0.05, 0.1) is 22.9 Å². The number of hydrogen-bond acceptors (Lipinski definition) is 4. The highest BCUT2D eigenvalue weighted by molar-refractivity contribution is 7.89. The summed E-state index contributed by atoms with van der Waals surface area (Å²) in [5.41, 5.74) is 1.05. The molecule has 0 saturated heterocycles. The van der Waals surface area contributed by atoms with Crippen LogP contribution in [0.25, 0.3) is 0 Å². The Morgan fingerprint density at radius 3 is 2.57 bits per heavy atom.